The van der Waals surface area contributed by atoms with Crippen molar-refractivity contribution in [2.24, 2.45) is 0 Å². The van der Waals surface area contributed by atoms with Crippen molar-refractivity contribution < 1.29 is 14.6 Å². The molecule has 1 amide bonds. The zero-order valence-corrected chi connectivity index (χ0v) is 9.96. The van der Waals surface area contributed by atoms with Gasteiger partial charge in [0, 0.05) is 6.04 Å². The molecule has 0 aromatic carbocycles. The third-order valence-corrected chi connectivity index (χ3v) is 2.44. The van der Waals surface area contributed by atoms with E-state index < -0.39 is 17.3 Å². The second-order valence-electron chi connectivity index (χ2n) is 5.58. The van der Waals surface area contributed by atoms with E-state index in [9.17, 15) is 9.90 Å². The van der Waals surface area contributed by atoms with Gasteiger partial charge in [-0.15, -0.1) is 0 Å². The van der Waals surface area contributed by atoms with Crippen LogP contribution in [-0.4, -0.2) is 28.4 Å². The number of amides is 1. The van der Waals surface area contributed by atoms with Gasteiger partial charge in [-0.2, -0.15) is 0 Å². The van der Waals surface area contributed by atoms with Crippen molar-refractivity contribution in [2.75, 3.05) is 0 Å². The van der Waals surface area contributed by atoms with Gasteiger partial charge in [0.05, 0.1) is 5.60 Å². The number of nitrogens with one attached hydrogen (secondary N) is 1. The number of aliphatic hydroxyl groups is 1. The molecular formula is C11H21NO3. The molecule has 2 N–H and O–H groups in total. The van der Waals surface area contributed by atoms with E-state index in [2.05, 4.69) is 5.32 Å². The molecule has 88 valence electrons. The van der Waals surface area contributed by atoms with Gasteiger partial charge in [0.1, 0.15) is 5.60 Å². The number of alkyl carbamates (subject to hydrolysis) is 1. The quantitative estimate of drug-likeness (QED) is 0.701. The molecule has 1 saturated carbocycles. The minimum absolute atomic E-state index is 0.0369. The minimum Gasteiger partial charge on any atom is -0.444 e. The smallest absolute Gasteiger partial charge is 0.407 e. The topological polar surface area (TPSA) is 58.6 Å². The van der Waals surface area contributed by atoms with E-state index in [1.54, 1.807) is 6.92 Å². The number of rotatable bonds is 1. The normalized spacial score (nSPS) is 31.4. The molecule has 0 aromatic heterocycles. The molecule has 1 aliphatic rings. The molecule has 0 aliphatic heterocycles. The van der Waals surface area contributed by atoms with Crippen LogP contribution in [0.5, 0.6) is 0 Å². The van der Waals surface area contributed by atoms with E-state index in [4.69, 9.17) is 4.74 Å². The van der Waals surface area contributed by atoms with Gasteiger partial charge in [-0.25, -0.2) is 4.79 Å². The van der Waals surface area contributed by atoms with E-state index in [0.717, 1.165) is 12.8 Å². The first-order chi connectivity index (χ1) is 6.68. The summed E-state index contributed by atoms with van der Waals surface area (Å²) in [5.41, 5.74) is -1.11. The Morgan fingerprint density at radius 2 is 2.13 bits per heavy atom. The number of hydrogen-bond acceptors (Lipinski definition) is 3. The second-order valence-corrected chi connectivity index (χ2v) is 5.58. The zero-order chi connectivity index (χ0) is 11.7. The molecule has 0 spiro atoms. The molecule has 0 unspecified atom stereocenters. The second kappa shape index (κ2) is 4.00. The molecule has 1 aliphatic carbocycles. The summed E-state index contributed by atoms with van der Waals surface area (Å²) in [4.78, 5) is 11.4. The summed E-state index contributed by atoms with van der Waals surface area (Å²) in [6, 6.07) is 0.0369. The molecule has 4 heteroatoms. The largest absolute Gasteiger partial charge is 0.444 e. The standard InChI is InChI=1S/C11H21NO3/c1-10(2,3)15-9(13)12-8-5-6-11(4,14)7-8/h8,14H,5-7H2,1-4H3,(H,12,13)/t8-,11-/m0/s1. The lowest BCUT2D eigenvalue weighted by Gasteiger charge is -2.22. The minimum atomic E-state index is -0.639. The lowest BCUT2D eigenvalue weighted by molar-refractivity contribution is 0.0471. The van der Waals surface area contributed by atoms with Crippen LogP contribution in [0.4, 0.5) is 4.79 Å². The van der Waals surface area contributed by atoms with Crippen LogP contribution in [0.25, 0.3) is 0 Å². The van der Waals surface area contributed by atoms with Crippen molar-refractivity contribution in [3.8, 4) is 0 Å². The number of carbonyl (C=O) groups is 1. The fraction of sp³-hybridized carbons (Fsp3) is 0.909. The van der Waals surface area contributed by atoms with Crippen molar-refractivity contribution in [1.82, 2.24) is 5.32 Å². The van der Waals surface area contributed by atoms with E-state index in [1.807, 2.05) is 20.8 Å². The molecule has 0 heterocycles. The molecule has 0 aromatic rings. The Bertz CT molecular complexity index is 243. The highest BCUT2D eigenvalue weighted by molar-refractivity contribution is 5.68. The van der Waals surface area contributed by atoms with Crippen LogP contribution in [0.1, 0.15) is 47.0 Å². The summed E-state index contributed by atoms with van der Waals surface area (Å²) in [7, 11) is 0. The van der Waals surface area contributed by atoms with Crippen LogP contribution in [0.3, 0.4) is 0 Å². The Morgan fingerprint density at radius 1 is 1.53 bits per heavy atom. The Morgan fingerprint density at radius 3 is 2.53 bits per heavy atom. The van der Waals surface area contributed by atoms with Gasteiger partial charge in [-0.1, -0.05) is 0 Å². The first-order valence-corrected chi connectivity index (χ1v) is 5.40. The highest BCUT2D eigenvalue weighted by Gasteiger charge is 2.34. The number of carbonyl (C=O) groups excluding carboxylic acids is 1. The molecule has 4 nitrogen and oxygen atoms in total. The third-order valence-electron chi connectivity index (χ3n) is 2.44. The summed E-state index contributed by atoms with van der Waals surface area (Å²) in [6.45, 7) is 7.29. The average molecular weight is 215 g/mol. The maximum atomic E-state index is 11.4. The molecule has 0 bridgehead atoms. The Kier molecular flexibility index (Phi) is 3.28. The lowest BCUT2D eigenvalue weighted by Crippen LogP contribution is -2.38. The molecule has 15 heavy (non-hydrogen) atoms. The average Bonchev–Trinajstić information content (AvgIpc) is 2.25. The molecule has 1 fully saturated rings. The van der Waals surface area contributed by atoms with Gasteiger partial charge >= 0.3 is 6.09 Å². The van der Waals surface area contributed by atoms with Crippen molar-refractivity contribution >= 4 is 6.09 Å². The Hall–Kier alpha value is -0.770. The van der Waals surface area contributed by atoms with Gasteiger partial charge in [-0.05, 0) is 47.0 Å². The summed E-state index contributed by atoms with van der Waals surface area (Å²) in [6.07, 6.45) is 1.75. The fourth-order valence-electron chi connectivity index (χ4n) is 1.82. The summed E-state index contributed by atoms with van der Waals surface area (Å²) in [5, 5.41) is 12.5. The van der Waals surface area contributed by atoms with Gasteiger partial charge in [0.25, 0.3) is 0 Å². The van der Waals surface area contributed by atoms with E-state index >= 15 is 0 Å². The van der Waals surface area contributed by atoms with Gasteiger partial charge in [-0.3, -0.25) is 0 Å². The van der Waals surface area contributed by atoms with E-state index in [1.165, 1.54) is 0 Å². The van der Waals surface area contributed by atoms with Crippen LogP contribution in [0.15, 0.2) is 0 Å². The maximum absolute atomic E-state index is 11.4. The van der Waals surface area contributed by atoms with Crippen LogP contribution in [0, 0.1) is 0 Å². The zero-order valence-electron chi connectivity index (χ0n) is 9.96. The first-order valence-electron chi connectivity index (χ1n) is 5.40. The molecule has 1 rings (SSSR count). The van der Waals surface area contributed by atoms with Gasteiger partial charge < -0.3 is 15.2 Å². The highest BCUT2D eigenvalue weighted by atomic mass is 16.6. The van der Waals surface area contributed by atoms with Crippen molar-refractivity contribution in [2.45, 2.75) is 64.2 Å². The monoisotopic (exact) mass is 215 g/mol. The van der Waals surface area contributed by atoms with E-state index in [0.29, 0.717) is 6.42 Å². The highest BCUT2D eigenvalue weighted by Crippen LogP contribution is 2.29. The van der Waals surface area contributed by atoms with Crippen molar-refractivity contribution in [3.63, 3.8) is 0 Å². The van der Waals surface area contributed by atoms with Crippen molar-refractivity contribution in [3.05, 3.63) is 0 Å². The van der Waals surface area contributed by atoms with Crippen LogP contribution >= 0.6 is 0 Å². The third kappa shape index (κ3) is 4.51. The van der Waals surface area contributed by atoms with Crippen molar-refractivity contribution in [1.29, 1.82) is 0 Å². The molecule has 2 atom stereocenters. The number of ether oxygens (including phenoxy) is 1. The van der Waals surface area contributed by atoms with Crippen LogP contribution < -0.4 is 5.32 Å². The lowest BCUT2D eigenvalue weighted by atomic mass is 10.1. The molecule has 0 saturated heterocycles. The first kappa shape index (κ1) is 12.3. The molecule has 0 radical (unpaired) electrons. The molecular weight excluding hydrogens is 194 g/mol. The summed E-state index contributed by atoms with van der Waals surface area (Å²) in [5.74, 6) is 0. The number of hydrogen-bond donors (Lipinski definition) is 2. The van der Waals surface area contributed by atoms with Crippen LogP contribution in [0.2, 0.25) is 0 Å². The summed E-state index contributed by atoms with van der Waals surface area (Å²) < 4.78 is 5.14. The predicted molar refractivity (Wildman–Crippen MR) is 57.6 cm³/mol. The summed E-state index contributed by atoms with van der Waals surface area (Å²) >= 11 is 0. The Balaban J connectivity index is 2.34. The maximum Gasteiger partial charge on any atom is 0.407 e. The predicted octanol–water partition coefficient (Wildman–Crippen LogP) is 1.81. The van der Waals surface area contributed by atoms with Gasteiger partial charge in [0.15, 0.2) is 0 Å². The van der Waals surface area contributed by atoms with Crippen LogP contribution in [-0.2, 0) is 4.74 Å². The van der Waals surface area contributed by atoms with E-state index in [-0.39, 0.29) is 6.04 Å². The Labute approximate surface area is 91.0 Å². The van der Waals surface area contributed by atoms with Gasteiger partial charge in [0.2, 0.25) is 0 Å². The SMILES string of the molecule is CC(C)(C)OC(=O)N[C@H]1CC[C@](C)(O)C1. The fourth-order valence-corrected chi connectivity index (χ4v) is 1.82.